The summed E-state index contributed by atoms with van der Waals surface area (Å²) in [5, 5.41) is 13.0. The summed E-state index contributed by atoms with van der Waals surface area (Å²) < 4.78 is 34.3. The quantitative estimate of drug-likeness (QED) is 0.804. The van der Waals surface area contributed by atoms with E-state index in [1.165, 1.54) is 13.2 Å². The summed E-state index contributed by atoms with van der Waals surface area (Å²) in [4.78, 5) is 0. The van der Waals surface area contributed by atoms with E-state index in [4.69, 9.17) is 4.74 Å². The monoisotopic (exact) mass is 329 g/mol. The second kappa shape index (κ2) is 8.45. The Balaban J connectivity index is 2.07. The molecule has 3 unspecified atom stereocenters. The Morgan fingerprint density at radius 2 is 2.00 bits per heavy atom. The molecule has 0 heterocycles. The maximum absolute atomic E-state index is 12.4. The second-order valence-electron chi connectivity index (χ2n) is 6.01. The summed E-state index contributed by atoms with van der Waals surface area (Å²) in [6.07, 6.45) is 4.39. The van der Waals surface area contributed by atoms with Gasteiger partial charge in [-0.1, -0.05) is 18.9 Å². The third-order valence-electron chi connectivity index (χ3n) is 4.51. The fraction of sp³-hybridized carbons (Fsp3) is 0.647. The molecule has 4 nitrogen and oxygen atoms in total. The number of alkyl halides is 2. The molecule has 1 aliphatic rings. The van der Waals surface area contributed by atoms with Crippen molar-refractivity contribution in [2.75, 3.05) is 13.7 Å². The number of benzene rings is 1. The van der Waals surface area contributed by atoms with E-state index in [2.05, 4.69) is 10.1 Å². The fourth-order valence-corrected chi connectivity index (χ4v) is 3.21. The van der Waals surface area contributed by atoms with E-state index < -0.39 is 6.61 Å². The van der Waals surface area contributed by atoms with Crippen LogP contribution in [0, 0.1) is 5.92 Å². The highest BCUT2D eigenvalue weighted by Gasteiger charge is 2.26. The molecule has 0 bridgehead atoms. The highest BCUT2D eigenvalue weighted by Crippen LogP contribution is 2.32. The fourth-order valence-electron chi connectivity index (χ4n) is 3.21. The first-order valence-corrected chi connectivity index (χ1v) is 8.04. The highest BCUT2D eigenvalue weighted by molar-refractivity contribution is 5.43. The Kier molecular flexibility index (Phi) is 6.59. The second-order valence-corrected chi connectivity index (χ2v) is 6.01. The SMILES string of the molecule is COc1cc(C(C)NC2CCCCC2CO)ccc1OC(F)F. The molecule has 2 N–H and O–H groups in total. The lowest BCUT2D eigenvalue weighted by atomic mass is 9.84. The van der Waals surface area contributed by atoms with E-state index in [9.17, 15) is 13.9 Å². The number of halogens is 2. The smallest absolute Gasteiger partial charge is 0.387 e. The van der Waals surface area contributed by atoms with Gasteiger partial charge >= 0.3 is 6.61 Å². The third kappa shape index (κ3) is 4.78. The topological polar surface area (TPSA) is 50.7 Å². The summed E-state index contributed by atoms with van der Waals surface area (Å²) >= 11 is 0. The molecule has 0 saturated heterocycles. The third-order valence-corrected chi connectivity index (χ3v) is 4.51. The molecule has 1 aromatic rings. The summed E-state index contributed by atoms with van der Waals surface area (Å²) in [6.45, 7) is -0.668. The van der Waals surface area contributed by atoms with Crippen molar-refractivity contribution in [1.82, 2.24) is 5.32 Å². The van der Waals surface area contributed by atoms with Gasteiger partial charge in [0.15, 0.2) is 11.5 Å². The maximum atomic E-state index is 12.4. The van der Waals surface area contributed by atoms with Crippen LogP contribution in [0.25, 0.3) is 0 Å². The Bertz CT molecular complexity index is 499. The van der Waals surface area contributed by atoms with Crippen LogP contribution < -0.4 is 14.8 Å². The van der Waals surface area contributed by atoms with E-state index in [0.29, 0.717) is 5.75 Å². The summed E-state index contributed by atoms with van der Waals surface area (Å²) in [5.74, 6) is 0.595. The number of rotatable bonds is 7. The molecule has 6 heteroatoms. The first-order valence-electron chi connectivity index (χ1n) is 8.04. The van der Waals surface area contributed by atoms with Crippen molar-refractivity contribution in [2.45, 2.75) is 51.3 Å². The van der Waals surface area contributed by atoms with Crippen molar-refractivity contribution in [3.05, 3.63) is 23.8 Å². The number of aliphatic hydroxyl groups is 1. The Labute approximate surface area is 135 Å². The summed E-state index contributed by atoms with van der Waals surface area (Å²) in [7, 11) is 1.43. The van der Waals surface area contributed by atoms with Crippen molar-refractivity contribution in [2.24, 2.45) is 5.92 Å². The molecule has 1 aromatic carbocycles. The van der Waals surface area contributed by atoms with Gasteiger partial charge in [0.25, 0.3) is 0 Å². The van der Waals surface area contributed by atoms with Gasteiger partial charge in [0, 0.05) is 18.7 Å². The van der Waals surface area contributed by atoms with Gasteiger partial charge in [-0.15, -0.1) is 0 Å². The highest BCUT2D eigenvalue weighted by atomic mass is 19.3. The van der Waals surface area contributed by atoms with Crippen LogP contribution in [0.1, 0.15) is 44.2 Å². The Hall–Kier alpha value is -1.40. The van der Waals surface area contributed by atoms with Gasteiger partial charge in [0.05, 0.1) is 7.11 Å². The maximum Gasteiger partial charge on any atom is 0.387 e. The predicted molar refractivity (Wildman–Crippen MR) is 84.0 cm³/mol. The number of aliphatic hydroxyl groups excluding tert-OH is 1. The molecule has 2 rings (SSSR count). The van der Waals surface area contributed by atoms with E-state index in [1.807, 2.05) is 6.92 Å². The standard InChI is InChI=1S/C17H25F2NO3/c1-11(20-14-6-4-3-5-13(14)10-21)12-7-8-15(23-17(18)19)16(9-12)22-2/h7-9,11,13-14,17,20-21H,3-6,10H2,1-2H3. The van der Waals surface area contributed by atoms with Gasteiger partial charge in [-0.05, 0) is 43.4 Å². The molecule has 1 fully saturated rings. The number of ether oxygens (including phenoxy) is 2. The molecular weight excluding hydrogens is 304 g/mol. The van der Waals surface area contributed by atoms with Crippen molar-refractivity contribution in [3.63, 3.8) is 0 Å². The summed E-state index contributed by atoms with van der Waals surface area (Å²) in [6, 6.07) is 5.28. The minimum Gasteiger partial charge on any atom is -0.493 e. The van der Waals surface area contributed by atoms with Crippen LogP contribution in [-0.2, 0) is 0 Å². The normalized spacial score (nSPS) is 22.9. The average molecular weight is 329 g/mol. The Morgan fingerprint density at radius 3 is 2.65 bits per heavy atom. The zero-order valence-electron chi connectivity index (χ0n) is 13.6. The first kappa shape index (κ1) is 17.9. The van der Waals surface area contributed by atoms with Crippen LogP contribution in [-0.4, -0.2) is 31.5 Å². The lowest BCUT2D eigenvalue weighted by Gasteiger charge is -2.33. The van der Waals surface area contributed by atoms with Gasteiger partial charge in [-0.3, -0.25) is 0 Å². The van der Waals surface area contributed by atoms with Crippen LogP contribution in [0.5, 0.6) is 11.5 Å². The number of hydrogen-bond donors (Lipinski definition) is 2. The molecule has 3 atom stereocenters. The first-order chi connectivity index (χ1) is 11.0. The number of hydrogen-bond acceptors (Lipinski definition) is 4. The van der Waals surface area contributed by atoms with Crippen LogP contribution in [0.15, 0.2) is 18.2 Å². The molecule has 130 valence electrons. The average Bonchev–Trinajstić information content (AvgIpc) is 2.55. The van der Waals surface area contributed by atoms with E-state index in [0.717, 1.165) is 31.2 Å². The molecule has 0 aliphatic heterocycles. The van der Waals surface area contributed by atoms with Crippen molar-refractivity contribution >= 4 is 0 Å². The molecule has 0 spiro atoms. The molecule has 1 aliphatic carbocycles. The lowest BCUT2D eigenvalue weighted by molar-refractivity contribution is -0.0512. The van der Waals surface area contributed by atoms with E-state index >= 15 is 0 Å². The van der Waals surface area contributed by atoms with Gasteiger partial charge in [-0.2, -0.15) is 8.78 Å². The van der Waals surface area contributed by atoms with Gasteiger partial charge in [0.1, 0.15) is 0 Å². The predicted octanol–water partition coefficient (Wildman–Crippen LogP) is 3.50. The van der Waals surface area contributed by atoms with Crippen LogP contribution in [0.3, 0.4) is 0 Å². The van der Waals surface area contributed by atoms with Gasteiger partial charge in [0.2, 0.25) is 0 Å². The minimum absolute atomic E-state index is 0.0293. The molecule has 0 radical (unpaired) electrons. The van der Waals surface area contributed by atoms with Crippen molar-refractivity contribution in [3.8, 4) is 11.5 Å². The number of nitrogens with one attached hydrogen (secondary N) is 1. The zero-order valence-corrected chi connectivity index (χ0v) is 13.6. The van der Waals surface area contributed by atoms with Gasteiger partial charge < -0.3 is 19.9 Å². The molecule has 1 saturated carbocycles. The largest absolute Gasteiger partial charge is 0.493 e. The van der Waals surface area contributed by atoms with Crippen molar-refractivity contribution < 1.29 is 23.4 Å². The zero-order chi connectivity index (χ0) is 16.8. The van der Waals surface area contributed by atoms with Gasteiger partial charge in [-0.25, -0.2) is 0 Å². The minimum atomic E-state index is -2.88. The molecule has 0 amide bonds. The van der Waals surface area contributed by atoms with Crippen LogP contribution in [0.2, 0.25) is 0 Å². The van der Waals surface area contributed by atoms with E-state index in [1.54, 1.807) is 12.1 Å². The molecular formula is C17H25F2NO3. The number of methoxy groups -OCH3 is 1. The molecule has 0 aromatic heterocycles. The summed E-state index contributed by atoms with van der Waals surface area (Å²) in [5.41, 5.74) is 0.936. The van der Waals surface area contributed by atoms with Crippen LogP contribution in [0.4, 0.5) is 8.78 Å². The lowest BCUT2D eigenvalue weighted by Crippen LogP contribution is -2.41. The molecule has 23 heavy (non-hydrogen) atoms. The van der Waals surface area contributed by atoms with Crippen molar-refractivity contribution in [1.29, 1.82) is 0 Å². The van der Waals surface area contributed by atoms with Crippen LogP contribution >= 0.6 is 0 Å². The van der Waals surface area contributed by atoms with E-state index in [-0.39, 0.29) is 30.4 Å². The Morgan fingerprint density at radius 1 is 1.26 bits per heavy atom.